The summed E-state index contributed by atoms with van der Waals surface area (Å²) in [6.07, 6.45) is 0.345. The number of nitrogens with two attached hydrogens (primary N) is 1. The molecule has 0 aromatic rings. The van der Waals surface area contributed by atoms with Gasteiger partial charge < -0.3 is 21.5 Å². The van der Waals surface area contributed by atoms with E-state index in [4.69, 9.17) is 11.0 Å². The molecule has 2 heterocycles. The van der Waals surface area contributed by atoms with Crippen molar-refractivity contribution in [3.63, 3.8) is 0 Å². The van der Waals surface area contributed by atoms with Gasteiger partial charge in [-0.2, -0.15) is 5.26 Å². The molecular formula is C11H14N4O3. The molecular weight excluding hydrogens is 236 g/mol. The molecule has 0 unspecified atom stereocenters. The summed E-state index contributed by atoms with van der Waals surface area (Å²) in [5.41, 5.74) is 2.19. The highest BCUT2D eigenvalue weighted by molar-refractivity contribution is 6.13. The van der Waals surface area contributed by atoms with Gasteiger partial charge in [-0.05, 0) is 13.3 Å². The van der Waals surface area contributed by atoms with Crippen LogP contribution >= 0.6 is 0 Å². The third-order valence-electron chi connectivity index (χ3n) is 3.72. The molecule has 0 radical (unpaired) electrons. The monoisotopic (exact) mass is 250 g/mol. The summed E-state index contributed by atoms with van der Waals surface area (Å²) in [6.45, 7) is 3.14. The average Bonchev–Trinajstić information content (AvgIpc) is 2.61. The van der Waals surface area contributed by atoms with Crippen molar-refractivity contribution in [2.24, 2.45) is 17.1 Å². The Hall–Kier alpha value is -2.07. The standard InChI is InChI=1S/C11H14N4O3/c1-3-6-10(2,18)15-9(17)11(6)5(4-12)7(13)14-8(11)16/h6,18H,3,13H2,1-2H3,(H,14,16)(H,15,17)/t6-,10-,11-/m0/s1. The van der Waals surface area contributed by atoms with Gasteiger partial charge in [0.25, 0.3) is 0 Å². The first-order valence-corrected chi connectivity index (χ1v) is 5.59. The number of aliphatic hydroxyl groups is 1. The quantitative estimate of drug-likeness (QED) is 0.428. The van der Waals surface area contributed by atoms with Crippen LogP contribution in [0.4, 0.5) is 0 Å². The average molecular weight is 250 g/mol. The molecule has 5 N–H and O–H groups in total. The zero-order valence-corrected chi connectivity index (χ0v) is 10.1. The molecule has 2 amide bonds. The second-order valence-electron chi connectivity index (χ2n) is 4.73. The number of carbonyl (C=O) groups is 2. The first kappa shape index (κ1) is 12.4. The van der Waals surface area contributed by atoms with Gasteiger partial charge in [-0.25, -0.2) is 0 Å². The molecule has 7 heteroatoms. The van der Waals surface area contributed by atoms with E-state index in [1.165, 1.54) is 6.92 Å². The Bertz CT molecular complexity index is 517. The fourth-order valence-electron chi connectivity index (χ4n) is 3.01. The maximum Gasteiger partial charge on any atom is 0.247 e. The van der Waals surface area contributed by atoms with E-state index in [0.29, 0.717) is 6.42 Å². The Labute approximate surface area is 104 Å². The van der Waals surface area contributed by atoms with Crippen LogP contribution in [0, 0.1) is 22.7 Å². The van der Waals surface area contributed by atoms with Crippen LogP contribution in [0.25, 0.3) is 0 Å². The van der Waals surface area contributed by atoms with Crippen LogP contribution in [0.3, 0.4) is 0 Å². The Kier molecular flexibility index (Phi) is 2.38. The van der Waals surface area contributed by atoms with Gasteiger partial charge in [-0.15, -0.1) is 0 Å². The summed E-state index contributed by atoms with van der Waals surface area (Å²) in [6, 6.07) is 1.81. The molecule has 7 nitrogen and oxygen atoms in total. The minimum atomic E-state index is -1.71. The zero-order chi connectivity index (χ0) is 13.7. The van der Waals surface area contributed by atoms with Crippen LogP contribution in [0.2, 0.25) is 0 Å². The van der Waals surface area contributed by atoms with Crippen LogP contribution in [-0.2, 0) is 9.59 Å². The van der Waals surface area contributed by atoms with Gasteiger partial charge in [-0.3, -0.25) is 9.59 Å². The number of hydrogen-bond donors (Lipinski definition) is 4. The number of nitrogens with one attached hydrogen (secondary N) is 2. The summed E-state index contributed by atoms with van der Waals surface area (Å²) in [4.78, 5) is 24.2. The maximum atomic E-state index is 12.1. The molecule has 96 valence electrons. The van der Waals surface area contributed by atoms with Crippen molar-refractivity contribution in [3.8, 4) is 6.07 Å². The third kappa shape index (κ3) is 1.15. The molecule has 0 bridgehead atoms. The van der Waals surface area contributed by atoms with Crippen molar-refractivity contribution in [2.75, 3.05) is 0 Å². The number of hydrogen-bond acceptors (Lipinski definition) is 5. The molecule has 2 aliphatic heterocycles. The van der Waals surface area contributed by atoms with Crippen LogP contribution in [0.5, 0.6) is 0 Å². The number of rotatable bonds is 1. The van der Waals surface area contributed by atoms with Crippen LogP contribution < -0.4 is 16.4 Å². The Balaban J connectivity index is 2.70. The van der Waals surface area contributed by atoms with Gasteiger partial charge in [0.05, 0.1) is 5.57 Å². The Morgan fingerprint density at radius 2 is 2.11 bits per heavy atom. The first-order valence-electron chi connectivity index (χ1n) is 5.59. The molecule has 2 rings (SSSR count). The summed E-state index contributed by atoms with van der Waals surface area (Å²) >= 11 is 0. The normalized spacial score (nSPS) is 38.9. The van der Waals surface area contributed by atoms with Crippen molar-refractivity contribution in [3.05, 3.63) is 11.4 Å². The summed E-state index contributed by atoms with van der Waals surface area (Å²) in [5, 5.41) is 24.0. The molecule has 1 fully saturated rings. The highest BCUT2D eigenvalue weighted by Crippen LogP contribution is 2.50. The second-order valence-corrected chi connectivity index (χ2v) is 4.73. The molecule has 2 aliphatic rings. The molecule has 1 spiro atoms. The Morgan fingerprint density at radius 1 is 1.50 bits per heavy atom. The van der Waals surface area contributed by atoms with Crippen LogP contribution in [0.1, 0.15) is 20.3 Å². The molecule has 0 saturated carbocycles. The number of amides is 2. The molecule has 0 aliphatic carbocycles. The number of nitriles is 1. The van der Waals surface area contributed by atoms with Crippen molar-refractivity contribution in [1.82, 2.24) is 10.6 Å². The lowest BCUT2D eigenvalue weighted by Gasteiger charge is -2.30. The minimum absolute atomic E-state index is 0.116. The van der Waals surface area contributed by atoms with E-state index in [0.717, 1.165) is 0 Å². The lowest BCUT2D eigenvalue weighted by molar-refractivity contribution is -0.138. The molecule has 3 atom stereocenters. The van der Waals surface area contributed by atoms with E-state index in [1.54, 1.807) is 6.92 Å². The first-order chi connectivity index (χ1) is 8.32. The predicted molar refractivity (Wildman–Crippen MR) is 59.9 cm³/mol. The smallest absolute Gasteiger partial charge is 0.247 e. The van der Waals surface area contributed by atoms with Gasteiger partial charge in [0, 0.05) is 5.92 Å². The lowest BCUT2D eigenvalue weighted by atomic mass is 9.68. The lowest BCUT2D eigenvalue weighted by Crippen LogP contribution is -2.46. The van der Waals surface area contributed by atoms with E-state index in [-0.39, 0.29) is 11.4 Å². The van der Waals surface area contributed by atoms with E-state index < -0.39 is 28.9 Å². The molecule has 18 heavy (non-hydrogen) atoms. The van der Waals surface area contributed by atoms with Crippen molar-refractivity contribution in [1.29, 1.82) is 5.26 Å². The second kappa shape index (κ2) is 3.46. The largest absolute Gasteiger partial charge is 0.384 e. The Morgan fingerprint density at radius 3 is 2.61 bits per heavy atom. The highest BCUT2D eigenvalue weighted by atomic mass is 16.3. The fraction of sp³-hybridized carbons (Fsp3) is 0.545. The summed E-state index contributed by atoms with van der Waals surface area (Å²) in [5.74, 6) is -2.20. The fourth-order valence-corrected chi connectivity index (χ4v) is 3.01. The van der Waals surface area contributed by atoms with E-state index in [9.17, 15) is 14.7 Å². The number of nitrogens with zero attached hydrogens (tertiary/aromatic N) is 1. The minimum Gasteiger partial charge on any atom is -0.384 e. The molecule has 0 aromatic heterocycles. The maximum absolute atomic E-state index is 12.1. The number of carbonyl (C=O) groups excluding carboxylic acids is 2. The zero-order valence-electron chi connectivity index (χ0n) is 10.1. The van der Waals surface area contributed by atoms with Gasteiger partial charge in [0.2, 0.25) is 11.8 Å². The van der Waals surface area contributed by atoms with Crippen molar-refractivity contribution >= 4 is 11.8 Å². The molecule has 0 aromatic carbocycles. The van der Waals surface area contributed by atoms with Gasteiger partial charge in [0.1, 0.15) is 17.6 Å². The SMILES string of the molecule is CC[C@@H]1[C@@]2(C(=O)NC(N)=C2C#N)C(=O)N[C@@]1(C)O. The third-order valence-corrected chi connectivity index (χ3v) is 3.72. The van der Waals surface area contributed by atoms with Gasteiger partial charge in [0.15, 0.2) is 5.41 Å². The van der Waals surface area contributed by atoms with Gasteiger partial charge >= 0.3 is 0 Å². The predicted octanol–water partition coefficient (Wildman–Crippen LogP) is -1.34. The van der Waals surface area contributed by atoms with Crippen LogP contribution in [-0.4, -0.2) is 22.6 Å². The molecule has 1 saturated heterocycles. The summed E-state index contributed by atoms with van der Waals surface area (Å²) < 4.78 is 0. The van der Waals surface area contributed by atoms with Crippen LogP contribution in [0.15, 0.2) is 11.4 Å². The topological polar surface area (TPSA) is 128 Å². The highest BCUT2D eigenvalue weighted by Gasteiger charge is 2.68. The van der Waals surface area contributed by atoms with Gasteiger partial charge in [-0.1, -0.05) is 6.92 Å². The van der Waals surface area contributed by atoms with E-state index >= 15 is 0 Å². The van der Waals surface area contributed by atoms with E-state index in [1.807, 2.05) is 6.07 Å². The van der Waals surface area contributed by atoms with E-state index in [2.05, 4.69) is 10.6 Å². The van der Waals surface area contributed by atoms with Crippen molar-refractivity contribution < 1.29 is 14.7 Å². The van der Waals surface area contributed by atoms with Crippen molar-refractivity contribution in [2.45, 2.75) is 26.0 Å². The summed E-state index contributed by atoms with van der Waals surface area (Å²) in [7, 11) is 0.